The van der Waals surface area contributed by atoms with Crippen LogP contribution in [-0.4, -0.2) is 31.8 Å². The maximum Gasteiger partial charge on any atom is 0.332 e. The lowest BCUT2D eigenvalue weighted by Gasteiger charge is -2.29. The lowest BCUT2D eigenvalue weighted by atomic mass is 10.1. The molecule has 4 aromatic rings. The first kappa shape index (κ1) is 20.3. The van der Waals surface area contributed by atoms with Crippen molar-refractivity contribution in [2.24, 2.45) is 7.05 Å². The third kappa shape index (κ3) is 3.53. The van der Waals surface area contributed by atoms with Crippen molar-refractivity contribution in [2.75, 3.05) is 18.0 Å². The van der Waals surface area contributed by atoms with Gasteiger partial charge in [0.1, 0.15) is 0 Å². The summed E-state index contributed by atoms with van der Waals surface area (Å²) in [5, 5.41) is 0. The van der Waals surface area contributed by atoms with Gasteiger partial charge in [-0.25, -0.2) is 4.79 Å². The molecule has 0 atom stereocenters. The summed E-state index contributed by atoms with van der Waals surface area (Å²) in [7, 11) is 1.70. The van der Waals surface area contributed by atoms with E-state index in [0.717, 1.165) is 49.6 Å². The zero-order chi connectivity index (χ0) is 22.2. The first-order valence-corrected chi connectivity index (χ1v) is 11.1. The molecule has 0 fully saturated rings. The second-order valence-corrected chi connectivity index (χ2v) is 8.53. The van der Waals surface area contributed by atoms with E-state index in [1.807, 2.05) is 54.0 Å². The number of benzene rings is 2. The molecule has 3 heterocycles. The number of hydrogen-bond donors (Lipinski definition) is 0. The lowest BCUT2D eigenvalue weighted by Crippen LogP contribution is -2.40. The van der Waals surface area contributed by atoms with Crippen molar-refractivity contribution >= 4 is 17.1 Å². The van der Waals surface area contributed by atoms with E-state index in [1.165, 1.54) is 14.7 Å². The molecule has 0 unspecified atom stereocenters. The van der Waals surface area contributed by atoms with Gasteiger partial charge < -0.3 is 9.47 Å². The van der Waals surface area contributed by atoms with Crippen molar-refractivity contribution in [3.63, 3.8) is 0 Å². The number of hydrogen-bond acceptors (Lipinski definition) is 4. The highest BCUT2D eigenvalue weighted by molar-refractivity contribution is 5.75. The summed E-state index contributed by atoms with van der Waals surface area (Å²) in [6, 6.07) is 18.3. The number of imidazole rings is 1. The third-order valence-corrected chi connectivity index (χ3v) is 6.24. The Labute approximate surface area is 186 Å². The molecule has 0 aliphatic carbocycles. The van der Waals surface area contributed by atoms with Crippen LogP contribution >= 0.6 is 0 Å². The SMILES string of the molecule is Cc1cccc(Cn2c(=O)c3c(nc4n3CCCN4CCc3ccccc3)n(C)c2=O)c1. The van der Waals surface area contributed by atoms with Crippen molar-refractivity contribution in [1.82, 2.24) is 18.7 Å². The topological polar surface area (TPSA) is 65.1 Å². The monoisotopic (exact) mass is 429 g/mol. The van der Waals surface area contributed by atoms with Crippen LogP contribution in [0.1, 0.15) is 23.1 Å². The Morgan fingerprint density at radius 1 is 0.969 bits per heavy atom. The second-order valence-electron chi connectivity index (χ2n) is 8.53. The molecule has 1 aliphatic heterocycles. The lowest BCUT2D eigenvalue weighted by molar-refractivity contribution is 0.562. The second kappa shape index (κ2) is 8.15. The van der Waals surface area contributed by atoms with Crippen LogP contribution in [0.2, 0.25) is 0 Å². The summed E-state index contributed by atoms with van der Waals surface area (Å²) in [5.74, 6) is 0.780. The molecule has 2 aromatic carbocycles. The molecule has 0 bridgehead atoms. The number of aromatic nitrogens is 4. The maximum atomic E-state index is 13.5. The van der Waals surface area contributed by atoms with Gasteiger partial charge in [0.2, 0.25) is 5.95 Å². The molecular formula is C25H27N5O2. The summed E-state index contributed by atoms with van der Waals surface area (Å²) in [4.78, 5) is 33.5. The van der Waals surface area contributed by atoms with Gasteiger partial charge in [-0.05, 0) is 30.9 Å². The largest absolute Gasteiger partial charge is 0.342 e. The van der Waals surface area contributed by atoms with E-state index in [0.29, 0.717) is 11.2 Å². The number of fused-ring (bicyclic) bond motifs is 3. The minimum absolute atomic E-state index is 0.251. The van der Waals surface area contributed by atoms with E-state index < -0.39 is 0 Å². The van der Waals surface area contributed by atoms with E-state index in [-0.39, 0.29) is 17.8 Å². The van der Waals surface area contributed by atoms with Crippen molar-refractivity contribution in [2.45, 2.75) is 32.9 Å². The van der Waals surface area contributed by atoms with Gasteiger partial charge in [0, 0.05) is 26.7 Å². The van der Waals surface area contributed by atoms with Gasteiger partial charge in [-0.2, -0.15) is 4.98 Å². The average molecular weight is 430 g/mol. The van der Waals surface area contributed by atoms with Crippen LogP contribution < -0.4 is 16.1 Å². The Kier molecular flexibility index (Phi) is 5.17. The highest BCUT2D eigenvalue weighted by Gasteiger charge is 2.26. The molecule has 7 heteroatoms. The minimum Gasteiger partial charge on any atom is -0.342 e. The molecule has 7 nitrogen and oxygen atoms in total. The highest BCUT2D eigenvalue weighted by Crippen LogP contribution is 2.24. The van der Waals surface area contributed by atoms with Gasteiger partial charge in [0.15, 0.2) is 11.2 Å². The molecule has 0 saturated heterocycles. The van der Waals surface area contributed by atoms with E-state index in [9.17, 15) is 9.59 Å². The van der Waals surface area contributed by atoms with Gasteiger partial charge in [-0.15, -0.1) is 0 Å². The normalized spacial score (nSPS) is 13.5. The quantitative estimate of drug-likeness (QED) is 0.489. The van der Waals surface area contributed by atoms with Crippen LogP contribution in [0.15, 0.2) is 64.2 Å². The van der Waals surface area contributed by atoms with Gasteiger partial charge in [-0.1, -0.05) is 60.2 Å². The zero-order valence-corrected chi connectivity index (χ0v) is 18.5. The molecule has 5 rings (SSSR count). The fourth-order valence-corrected chi connectivity index (χ4v) is 4.59. The van der Waals surface area contributed by atoms with Crippen LogP contribution in [0, 0.1) is 6.92 Å². The molecule has 0 radical (unpaired) electrons. The molecule has 164 valence electrons. The van der Waals surface area contributed by atoms with Crippen LogP contribution in [0.5, 0.6) is 0 Å². The van der Waals surface area contributed by atoms with Gasteiger partial charge in [-0.3, -0.25) is 13.9 Å². The number of anilines is 1. The van der Waals surface area contributed by atoms with E-state index in [2.05, 4.69) is 17.0 Å². The average Bonchev–Trinajstić information content (AvgIpc) is 3.20. The Morgan fingerprint density at radius 2 is 1.75 bits per heavy atom. The fourth-order valence-electron chi connectivity index (χ4n) is 4.59. The van der Waals surface area contributed by atoms with Crippen molar-refractivity contribution < 1.29 is 0 Å². The first-order chi connectivity index (χ1) is 15.5. The van der Waals surface area contributed by atoms with Crippen LogP contribution in [-0.2, 0) is 26.6 Å². The van der Waals surface area contributed by atoms with Crippen LogP contribution in [0.4, 0.5) is 5.95 Å². The van der Waals surface area contributed by atoms with Gasteiger partial charge in [0.05, 0.1) is 6.54 Å². The van der Waals surface area contributed by atoms with Gasteiger partial charge in [0.25, 0.3) is 5.56 Å². The van der Waals surface area contributed by atoms with Crippen molar-refractivity contribution in [3.8, 4) is 0 Å². The van der Waals surface area contributed by atoms with E-state index in [1.54, 1.807) is 7.05 Å². The summed E-state index contributed by atoms with van der Waals surface area (Å²) in [5.41, 5.74) is 3.68. The Hall–Kier alpha value is -3.61. The Balaban J connectivity index is 1.56. The summed E-state index contributed by atoms with van der Waals surface area (Å²) in [6.45, 7) is 4.69. The summed E-state index contributed by atoms with van der Waals surface area (Å²) >= 11 is 0. The van der Waals surface area contributed by atoms with Crippen LogP contribution in [0.25, 0.3) is 11.2 Å². The summed E-state index contributed by atoms with van der Waals surface area (Å²) < 4.78 is 4.83. The fraction of sp³-hybridized carbons (Fsp3) is 0.320. The molecule has 2 aromatic heterocycles. The third-order valence-electron chi connectivity index (χ3n) is 6.24. The molecule has 0 saturated carbocycles. The standard InChI is InChI=1S/C25H27N5O2/c1-18-8-6-11-20(16-18)17-30-23(31)21-22(27(2)25(30)32)26-24-28(13-7-14-29(21)24)15-12-19-9-4-3-5-10-19/h3-6,8-11,16H,7,12-15,17H2,1-2H3. The molecule has 32 heavy (non-hydrogen) atoms. The molecule has 0 spiro atoms. The van der Waals surface area contributed by atoms with Crippen LogP contribution in [0.3, 0.4) is 0 Å². The molecule has 0 N–H and O–H groups in total. The zero-order valence-electron chi connectivity index (χ0n) is 18.5. The van der Waals surface area contributed by atoms with Crippen molar-refractivity contribution in [1.29, 1.82) is 0 Å². The first-order valence-electron chi connectivity index (χ1n) is 11.1. The van der Waals surface area contributed by atoms with Gasteiger partial charge >= 0.3 is 5.69 Å². The number of rotatable bonds is 5. The maximum absolute atomic E-state index is 13.5. The smallest absolute Gasteiger partial charge is 0.332 e. The van der Waals surface area contributed by atoms with E-state index >= 15 is 0 Å². The van der Waals surface area contributed by atoms with Crippen molar-refractivity contribution in [3.05, 3.63) is 92.1 Å². The minimum atomic E-state index is -0.338. The highest BCUT2D eigenvalue weighted by atomic mass is 16.2. The Morgan fingerprint density at radius 3 is 2.53 bits per heavy atom. The van der Waals surface area contributed by atoms with E-state index in [4.69, 9.17) is 4.98 Å². The molecule has 1 aliphatic rings. The molecule has 0 amide bonds. The Bertz CT molecular complexity index is 1400. The molecular weight excluding hydrogens is 402 g/mol. The predicted molar refractivity (Wildman–Crippen MR) is 126 cm³/mol. The predicted octanol–water partition coefficient (Wildman–Crippen LogP) is 2.71. The summed E-state index contributed by atoms with van der Waals surface area (Å²) in [6.07, 6.45) is 1.84. The number of aryl methyl sites for hydroxylation is 3. The number of nitrogens with zero attached hydrogens (tertiary/aromatic N) is 5.